The van der Waals surface area contributed by atoms with E-state index < -0.39 is 11.9 Å². The Morgan fingerprint density at radius 2 is 1.82 bits per heavy atom. The Balaban J connectivity index is 1.85. The van der Waals surface area contributed by atoms with Gasteiger partial charge in [-0.1, -0.05) is 25.3 Å². The molecule has 5 rings (SSSR count). The second-order valence-electron chi connectivity index (χ2n) is 8.83. The molecular formula is C27H27NO5. The Kier molecular flexibility index (Phi) is 5.44. The first-order valence-corrected chi connectivity index (χ1v) is 11.4. The molecule has 0 radical (unpaired) electrons. The maximum Gasteiger partial charge on any atom is 0.337 e. The molecule has 0 atom stereocenters. The minimum atomic E-state index is -0.957. The number of carbonyl (C=O) groups excluding carboxylic acids is 1. The second kappa shape index (κ2) is 8.43. The van der Waals surface area contributed by atoms with Crippen LogP contribution in [0.5, 0.6) is 5.75 Å². The van der Waals surface area contributed by atoms with Crippen molar-refractivity contribution in [2.75, 3.05) is 14.2 Å². The van der Waals surface area contributed by atoms with E-state index in [1.807, 2.05) is 36.4 Å². The molecule has 2 aliphatic rings. The second-order valence-corrected chi connectivity index (χ2v) is 8.83. The van der Waals surface area contributed by atoms with Crippen LogP contribution in [-0.4, -0.2) is 35.8 Å². The van der Waals surface area contributed by atoms with Crippen molar-refractivity contribution in [3.8, 4) is 17.0 Å². The normalized spacial score (nSPS) is 15.9. The van der Waals surface area contributed by atoms with Gasteiger partial charge in [0.25, 0.3) is 0 Å². The first kappa shape index (κ1) is 21.3. The summed E-state index contributed by atoms with van der Waals surface area (Å²) in [5.41, 5.74) is 5.74. The van der Waals surface area contributed by atoms with Crippen molar-refractivity contribution >= 4 is 28.9 Å². The highest BCUT2D eigenvalue weighted by Crippen LogP contribution is 2.47. The number of fused-ring (bicyclic) bond motifs is 5. The number of aromatic nitrogens is 1. The monoisotopic (exact) mass is 445 g/mol. The minimum absolute atomic E-state index is 0.218. The Morgan fingerprint density at radius 3 is 2.52 bits per heavy atom. The van der Waals surface area contributed by atoms with Gasteiger partial charge in [0.15, 0.2) is 0 Å². The molecule has 1 saturated carbocycles. The zero-order chi connectivity index (χ0) is 23.1. The number of esters is 1. The molecule has 0 bridgehead atoms. The molecule has 1 fully saturated rings. The highest BCUT2D eigenvalue weighted by molar-refractivity contribution is 6.02. The Hall–Kier alpha value is -3.54. The van der Waals surface area contributed by atoms with Crippen LogP contribution in [0.4, 0.5) is 0 Å². The van der Waals surface area contributed by atoms with E-state index in [4.69, 9.17) is 9.47 Å². The SMILES string of the molecule is COC(=O)c1ccc2c(C3CCCCC3)c3n(c2c1)CC(C(=O)O)=Cc1cc(OC)ccc1-3. The summed E-state index contributed by atoms with van der Waals surface area (Å²) in [6, 6.07) is 11.5. The fraction of sp³-hybridized carbons (Fsp3) is 0.333. The van der Waals surface area contributed by atoms with Gasteiger partial charge in [-0.3, -0.25) is 0 Å². The van der Waals surface area contributed by atoms with Crippen LogP contribution in [0.2, 0.25) is 0 Å². The lowest BCUT2D eigenvalue weighted by Crippen LogP contribution is -2.10. The number of benzene rings is 2. The van der Waals surface area contributed by atoms with Gasteiger partial charge in [0, 0.05) is 16.5 Å². The summed E-state index contributed by atoms with van der Waals surface area (Å²) in [6.45, 7) is 0.218. The maximum absolute atomic E-state index is 12.3. The van der Waals surface area contributed by atoms with Crippen molar-refractivity contribution in [2.45, 2.75) is 44.6 Å². The Morgan fingerprint density at radius 1 is 1.03 bits per heavy atom. The van der Waals surface area contributed by atoms with Crippen LogP contribution in [0.25, 0.3) is 28.2 Å². The summed E-state index contributed by atoms with van der Waals surface area (Å²) in [6.07, 6.45) is 7.57. The number of ether oxygens (including phenoxy) is 2. The standard InChI is InChI=1S/C27H27NO5/c1-32-20-9-11-21-18(13-20)12-19(26(29)30)15-28-23-14-17(27(31)33-2)8-10-22(23)24(25(21)28)16-6-4-3-5-7-16/h8-14,16H,3-7,15H2,1-2H3,(H,29,30). The number of rotatable bonds is 4. The van der Waals surface area contributed by atoms with Gasteiger partial charge >= 0.3 is 11.9 Å². The molecule has 0 amide bonds. The third-order valence-corrected chi connectivity index (χ3v) is 6.99. The fourth-order valence-electron chi connectivity index (χ4n) is 5.42. The number of hydrogen-bond donors (Lipinski definition) is 1. The molecule has 1 aliphatic heterocycles. The smallest absolute Gasteiger partial charge is 0.337 e. The van der Waals surface area contributed by atoms with E-state index in [-0.39, 0.29) is 6.54 Å². The quantitative estimate of drug-likeness (QED) is 0.527. The van der Waals surface area contributed by atoms with Crippen LogP contribution >= 0.6 is 0 Å². The summed E-state index contributed by atoms with van der Waals surface area (Å²) in [5, 5.41) is 11.0. The average Bonchev–Trinajstić information content (AvgIpc) is 3.05. The molecule has 6 nitrogen and oxygen atoms in total. The van der Waals surface area contributed by atoms with E-state index in [0.717, 1.165) is 40.6 Å². The molecule has 3 aromatic rings. The number of carboxylic acid groups (broad SMARTS) is 1. The predicted molar refractivity (Wildman–Crippen MR) is 127 cm³/mol. The molecule has 1 N–H and O–H groups in total. The van der Waals surface area contributed by atoms with Crippen molar-refractivity contribution < 1.29 is 24.2 Å². The van der Waals surface area contributed by atoms with Gasteiger partial charge < -0.3 is 19.1 Å². The summed E-state index contributed by atoms with van der Waals surface area (Å²) in [7, 11) is 2.98. The molecule has 33 heavy (non-hydrogen) atoms. The van der Waals surface area contributed by atoms with Crippen LogP contribution < -0.4 is 4.74 Å². The van der Waals surface area contributed by atoms with Crippen LogP contribution in [0.3, 0.4) is 0 Å². The molecule has 1 aliphatic carbocycles. The highest BCUT2D eigenvalue weighted by atomic mass is 16.5. The summed E-state index contributed by atoms with van der Waals surface area (Å²) < 4.78 is 12.5. The molecule has 170 valence electrons. The third kappa shape index (κ3) is 3.59. The van der Waals surface area contributed by atoms with Crippen molar-refractivity contribution in [3.63, 3.8) is 0 Å². The highest BCUT2D eigenvalue weighted by Gasteiger charge is 2.30. The lowest BCUT2D eigenvalue weighted by atomic mass is 9.81. The Bertz CT molecular complexity index is 1290. The number of nitrogens with zero attached hydrogens (tertiary/aromatic N) is 1. The van der Waals surface area contributed by atoms with E-state index in [2.05, 4.69) is 4.57 Å². The molecule has 6 heteroatoms. The molecule has 0 unspecified atom stereocenters. The van der Waals surface area contributed by atoms with Gasteiger partial charge in [-0.15, -0.1) is 0 Å². The number of hydrogen-bond acceptors (Lipinski definition) is 4. The van der Waals surface area contributed by atoms with Crippen molar-refractivity contribution in [2.24, 2.45) is 0 Å². The molecule has 0 spiro atoms. The lowest BCUT2D eigenvalue weighted by molar-refractivity contribution is -0.132. The number of carboxylic acids is 1. The van der Waals surface area contributed by atoms with Gasteiger partial charge in [0.2, 0.25) is 0 Å². The van der Waals surface area contributed by atoms with E-state index in [9.17, 15) is 14.7 Å². The van der Waals surface area contributed by atoms with Crippen LogP contribution in [0.15, 0.2) is 42.0 Å². The molecular weight excluding hydrogens is 418 g/mol. The van der Waals surface area contributed by atoms with Gasteiger partial charge in [-0.2, -0.15) is 0 Å². The zero-order valence-corrected chi connectivity index (χ0v) is 18.9. The van der Waals surface area contributed by atoms with Gasteiger partial charge in [0.05, 0.1) is 37.6 Å². The minimum Gasteiger partial charge on any atom is -0.497 e. The van der Waals surface area contributed by atoms with E-state index in [1.54, 1.807) is 13.2 Å². The maximum atomic E-state index is 12.3. The Labute approximate surface area is 192 Å². The number of methoxy groups -OCH3 is 2. The zero-order valence-electron chi connectivity index (χ0n) is 18.9. The largest absolute Gasteiger partial charge is 0.497 e. The number of aliphatic carboxylic acids is 1. The van der Waals surface area contributed by atoms with Crippen LogP contribution in [-0.2, 0) is 16.1 Å². The molecule has 0 saturated heterocycles. The number of carbonyl (C=O) groups is 2. The summed E-state index contributed by atoms with van der Waals surface area (Å²) >= 11 is 0. The van der Waals surface area contributed by atoms with Crippen molar-refractivity contribution in [1.29, 1.82) is 0 Å². The summed E-state index contributed by atoms with van der Waals surface area (Å²) in [4.78, 5) is 24.5. The first-order chi connectivity index (χ1) is 16.0. The predicted octanol–water partition coefficient (Wildman–Crippen LogP) is 5.63. The van der Waals surface area contributed by atoms with Crippen molar-refractivity contribution in [1.82, 2.24) is 4.57 Å². The van der Waals surface area contributed by atoms with Gasteiger partial charge in [-0.05, 0) is 66.3 Å². The molecule has 2 heterocycles. The summed E-state index contributed by atoms with van der Waals surface area (Å²) in [5.74, 6) is -0.282. The van der Waals surface area contributed by atoms with Crippen LogP contribution in [0.1, 0.15) is 59.5 Å². The van der Waals surface area contributed by atoms with Gasteiger partial charge in [-0.25, -0.2) is 9.59 Å². The first-order valence-electron chi connectivity index (χ1n) is 11.4. The third-order valence-electron chi connectivity index (χ3n) is 6.99. The average molecular weight is 446 g/mol. The fourth-order valence-corrected chi connectivity index (χ4v) is 5.42. The lowest BCUT2D eigenvalue weighted by Gasteiger charge is -2.24. The van der Waals surface area contributed by atoms with Crippen molar-refractivity contribution in [3.05, 3.63) is 58.7 Å². The van der Waals surface area contributed by atoms with E-state index >= 15 is 0 Å². The molecule has 2 aromatic carbocycles. The van der Waals surface area contributed by atoms with Crippen LogP contribution in [0, 0.1) is 0 Å². The van der Waals surface area contributed by atoms with E-state index in [0.29, 0.717) is 22.8 Å². The topological polar surface area (TPSA) is 77.8 Å². The van der Waals surface area contributed by atoms with Gasteiger partial charge in [0.1, 0.15) is 5.75 Å². The molecule has 1 aromatic heterocycles. The van der Waals surface area contributed by atoms with E-state index in [1.165, 1.54) is 31.9 Å².